The molecule has 2 heterocycles. The topological polar surface area (TPSA) is 72.3 Å². The average Bonchev–Trinajstić information content (AvgIpc) is 3.06. The predicted octanol–water partition coefficient (Wildman–Crippen LogP) is 2.14. The molecule has 1 aliphatic rings. The van der Waals surface area contributed by atoms with Crippen molar-refractivity contribution in [3.63, 3.8) is 0 Å². The van der Waals surface area contributed by atoms with E-state index in [2.05, 4.69) is 5.10 Å². The molecular formula is C16H18FN3O3S. The summed E-state index contributed by atoms with van der Waals surface area (Å²) in [5.41, 5.74) is 0.555. The standard InChI is InChI=1S/C16H18FN3O3S/c1-12(21)16-4-2-3-9-20(16)24(22,23)15-10-18-19(11-15)14-7-5-13(17)6-8-14/h5-8,10-11,16H,2-4,9H2,1H3. The first-order chi connectivity index (χ1) is 11.4. The Hall–Kier alpha value is -2.06. The summed E-state index contributed by atoms with van der Waals surface area (Å²) in [5.74, 6) is -0.527. The van der Waals surface area contributed by atoms with Crippen molar-refractivity contribution < 1.29 is 17.6 Å². The Morgan fingerprint density at radius 2 is 1.96 bits per heavy atom. The van der Waals surface area contributed by atoms with Crippen molar-refractivity contribution in [2.45, 2.75) is 37.1 Å². The zero-order valence-electron chi connectivity index (χ0n) is 13.2. The van der Waals surface area contributed by atoms with E-state index in [4.69, 9.17) is 0 Å². The maximum Gasteiger partial charge on any atom is 0.246 e. The van der Waals surface area contributed by atoms with E-state index in [1.165, 1.54) is 52.6 Å². The smallest absolute Gasteiger partial charge is 0.246 e. The number of carbonyl (C=O) groups excluding carboxylic acids is 1. The van der Waals surface area contributed by atoms with Crippen molar-refractivity contribution in [1.29, 1.82) is 0 Å². The number of benzene rings is 1. The van der Waals surface area contributed by atoms with Crippen LogP contribution in [0.1, 0.15) is 26.2 Å². The second kappa shape index (κ2) is 6.45. The molecule has 1 aromatic carbocycles. The van der Waals surface area contributed by atoms with E-state index in [0.29, 0.717) is 18.7 Å². The maximum atomic E-state index is 13.0. The zero-order chi connectivity index (χ0) is 17.3. The molecule has 0 spiro atoms. The van der Waals surface area contributed by atoms with Crippen LogP contribution in [0.3, 0.4) is 0 Å². The van der Waals surface area contributed by atoms with Crippen molar-refractivity contribution in [2.75, 3.05) is 6.54 Å². The second-order valence-corrected chi connectivity index (χ2v) is 7.73. The minimum Gasteiger partial charge on any atom is -0.298 e. The number of aromatic nitrogens is 2. The van der Waals surface area contributed by atoms with E-state index >= 15 is 0 Å². The molecule has 1 aromatic heterocycles. The number of sulfonamides is 1. The van der Waals surface area contributed by atoms with Crippen LogP contribution in [0.5, 0.6) is 0 Å². The Balaban J connectivity index is 1.93. The molecule has 1 aliphatic heterocycles. The number of hydrogen-bond acceptors (Lipinski definition) is 4. The van der Waals surface area contributed by atoms with Crippen LogP contribution in [0.25, 0.3) is 5.69 Å². The average molecular weight is 351 g/mol. The molecule has 1 saturated heterocycles. The van der Waals surface area contributed by atoms with Crippen molar-refractivity contribution >= 4 is 15.8 Å². The van der Waals surface area contributed by atoms with Gasteiger partial charge in [0.15, 0.2) is 0 Å². The van der Waals surface area contributed by atoms with Gasteiger partial charge < -0.3 is 0 Å². The van der Waals surface area contributed by atoms with Crippen LogP contribution in [0.15, 0.2) is 41.6 Å². The first-order valence-electron chi connectivity index (χ1n) is 7.72. The van der Waals surface area contributed by atoms with E-state index in [1.54, 1.807) is 0 Å². The fraction of sp³-hybridized carbons (Fsp3) is 0.375. The highest BCUT2D eigenvalue weighted by Gasteiger charge is 2.36. The lowest BCUT2D eigenvalue weighted by atomic mass is 10.0. The number of halogens is 1. The zero-order valence-corrected chi connectivity index (χ0v) is 14.0. The molecule has 24 heavy (non-hydrogen) atoms. The minimum absolute atomic E-state index is 0.0278. The van der Waals surface area contributed by atoms with Gasteiger partial charge in [0, 0.05) is 6.54 Å². The highest BCUT2D eigenvalue weighted by atomic mass is 32.2. The van der Waals surface area contributed by atoms with Gasteiger partial charge in [0.05, 0.1) is 24.1 Å². The lowest BCUT2D eigenvalue weighted by Crippen LogP contribution is -2.47. The number of rotatable bonds is 4. The van der Waals surface area contributed by atoms with Crippen LogP contribution >= 0.6 is 0 Å². The molecule has 128 valence electrons. The SMILES string of the molecule is CC(=O)C1CCCCN1S(=O)(=O)c1cnn(-c2ccc(F)cc2)c1. The number of carbonyl (C=O) groups is 1. The summed E-state index contributed by atoms with van der Waals surface area (Å²) in [6.45, 7) is 1.74. The normalized spacial score (nSPS) is 19.3. The molecule has 0 radical (unpaired) electrons. The summed E-state index contributed by atoms with van der Waals surface area (Å²) < 4.78 is 41.4. The van der Waals surface area contributed by atoms with Gasteiger partial charge in [-0.1, -0.05) is 6.42 Å². The molecule has 0 aliphatic carbocycles. The highest BCUT2D eigenvalue weighted by molar-refractivity contribution is 7.89. The lowest BCUT2D eigenvalue weighted by molar-refractivity contribution is -0.121. The summed E-state index contributed by atoms with van der Waals surface area (Å²) in [6.07, 6.45) is 4.75. The molecule has 1 unspecified atom stereocenters. The molecule has 0 amide bonds. The fourth-order valence-corrected chi connectivity index (χ4v) is 4.55. The summed E-state index contributed by atoms with van der Waals surface area (Å²) in [7, 11) is -3.80. The van der Waals surface area contributed by atoms with Crippen LogP contribution in [0.2, 0.25) is 0 Å². The van der Waals surface area contributed by atoms with Crippen LogP contribution in [-0.2, 0) is 14.8 Å². The first-order valence-corrected chi connectivity index (χ1v) is 9.16. The van der Waals surface area contributed by atoms with E-state index in [1.807, 2.05) is 0 Å². The quantitative estimate of drug-likeness (QED) is 0.846. The number of hydrogen-bond donors (Lipinski definition) is 0. The molecule has 1 atom stereocenters. The van der Waals surface area contributed by atoms with E-state index in [9.17, 15) is 17.6 Å². The molecule has 2 aromatic rings. The summed E-state index contributed by atoms with van der Waals surface area (Å²) in [4.78, 5) is 11.8. The predicted molar refractivity (Wildman–Crippen MR) is 85.7 cm³/mol. The number of ketones is 1. The van der Waals surface area contributed by atoms with E-state index < -0.39 is 16.1 Å². The van der Waals surface area contributed by atoms with Crippen LogP contribution < -0.4 is 0 Å². The number of piperidine rings is 1. The maximum absolute atomic E-state index is 13.0. The third-order valence-corrected chi connectivity index (χ3v) is 6.04. The lowest BCUT2D eigenvalue weighted by Gasteiger charge is -2.32. The molecule has 1 fully saturated rings. The Bertz CT molecular complexity index is 846. The van der Waals surface area contributed by atoms with Gasteiger partial charge in [-0.3, -0.25) is 4.79 Å². The highest BCUT2D eigenvalue weighted by Crippen LogP contribution is 2.26. The molecule has 0 bridgehead atoms. The Morgan fingerprint density at radius 1 is 1.25 bits per heavy atom. The van der Waals surface area contributed by atoms with Crippen LogP contribution in [0, 0.1) is 5.82 Å². The van der Waals surface area contributed by atoms with Crippen LogP contribution in [0.4, 0.5) is 4.39 Å². The Kier molecular flexibility index (Phi) is 4.51. The van der Waals surface area contributed by atoms with Gasteiger partial charge in [-0.05, 0) is 44.0 Å². The molecular weight excluding hydrogens is 333 g/mol. The largest absolute Gasteiger partial charge is 0.298 e. The van der Waals surface area contributed by atoms with Crippen molar-refractivity contribution in [2.24, 2.45) is 0 Å². The van der Waals surface area contributed by atoms with E-state index in [0.717, 1.165) is 12.8 Å². The van der Waals surface area contributed by atoms with Gasteiger partial charge in [0.2, 0.25) is 10.0 Å². The number of nitrogens with zero attached hydrogens (tertiary/aromatic N) is 3. The Morgan fingerprint density at radius 3 is 2.62 bits per heavy atom. The number of Topliss-reactive ketones (excluding diaryl/α,β-unsaturated/α-hetero) is 1. The van der Waals surface area contributed by atoms with Crippen molar-refractivity contribution in [3.05, 3.63) is 42.5 Å². The summed E-state index contributed by atoms with van der Waals surface area (Å²) in [5, 5.41) is 4.05. The minimum atomic E-state index is -3.80. The summed E-state index contributed by atoms with van der Waals surface area (Å²) >= 11 is 0. The molecule has 8 heteroatoms. The van der Waals surface area contributed by atoms with Crippen LogP contribution in [-0.4, -0.2) is 40.9 Å². The second-order valence-electron chi connectivity index (χ2n) is 5.84. The van der Waals surface area contributed by atoms with E-state index in [-0.39, 0.29) is 16.5 Å². The van der Waals surface area contributed by atoms with Gasteiger partial charge in [-0.2, -0.15) is 9.40 Å². The molecule has 0 saturated carbocycles. The van der Waals surface area contributed by atoms with Crippen molar-refractivity contribution in [1.82, 2.24) is 14.1 Å². The molecule has 6 nitrogen and oxygen atoms in total. The Labute approximate surface area is 139 Å². The van der Waals surface area contributed by atoms with Gasteiger partial charge in [0.1, 0.15) is 16.5 Å². The van der Waals surface area contributed by atoms with Gasteiger partial charge in [-0.25, -0.2) is 17.5 Å². The van der Waals surface area contributed by atoms with Gasteiger partial charge in [0.25, 0.3) is 0 Å². The third-order valence-electron chi connectivity index (χ3n) is 4.18. The van der Waals surface area contributed by atoms with Gasteiger partial charge >= 0.3 is 0 Å². The van der Waals surface area contributed by atoms with Gasteiger partial charge in [-0.15, -0.1) is 0 Å². The first kappa shape index (κ1) is 16.8. The summed E-state index contributed by atoms with van der Waals surface area (Å²) in [6, 6.07) is 4.97. The third kappa shape index (κ3) is 3.11. The molecule has 0 N–H and O–H groups in total. The fourth-order valence-electron chi connectivity index (χ4n) is 2.91. The van der Waals surface area contributed by atoms with Crippen molar-refractivity contribution in [3.8, 4) is 5.69 Å². The molecule has 3 rings (SSSR count). The monoisotopic (exact) mass is 351 g/mol.